The summed E-state index contributed by atoms with van der Waals surface area (Å²) >= 11 is 0. The molecule has 8 aromatic carbocycles. The summed E-state index contributed by atoms with van der Waals surface area (Å²) in [6.07, 6.45) is 0. The van der Waals surface area contributed by atoms with Gasteiger partial charge in [-0.3, -0.25) is 0 Å². The Bertz CT molecular complexity index is 2620. The van der Waals surface area contributed by atoms with E-state index in [4.69, 9.17) is 9.97 Å². The monoisotopic (exact) mass is 636 g/mol. The van der Waals surface area contributed by atoms with Crippen LogP contribution in [0.2, 0.25) is 0 Å². The molecule has 1 aromatic heterocycles. The van der Waals surface area contributed by atoms with E-state index in [1.165, 1.54) is 33.4 Å². The molecule has 1 heterocycles. The van der Waals surface area contributed by atoms with Crippen LogP contribution in [0.25, 0.3) is 88.8 Å². The normalized spacial score (nSPS) is 11.2. The topological polar surface area (TPSA) is 25.8 Å². The molecular weight excluding hydrogens is 605 g/mol. The molecule has 0 saturated carbocycles. The highest BCUT2D eigenvalue weighted by Gasteiger charge is 2.15. The fourth-order valence-electron chi connectivity index (χ4n) is 6.89. The summed E-state index contributed by atoms with van der Waals surface area (Å²) in [4.78, 5) is 10.5. The van der Waals surface area contributed by atoms with Crippen LogP contribution in [0, 0.1) is 0 Å². The van der Waals surface area contributed by atoms with Crippen molar-refractivity contribution in [2.75, 3.05) is 0 Å². The van der Waals surface area contributed by atoms with E-state index in [1.807, 2.05) is 0 Å². The summed E-state index contributed by atoms with van der Waals surface area (Å²) in [5.74, 6) is 0.715. The maximum atomic E-state index is 5.26. The largest absolute Gasteiger partial charge is 0.227 e. The van der Waals surface area contributed by atoms with Crippen molar-refractivity contribution in [3.8, 4) is 67.2 Å². The third kappa shape index (κ3) is 5.63. The van der Waals surface area contributed by atoms with Gasteiger partial charge in [0.25, 0.3) is 0 Å². The minimum absolute atomic E-state index is 0.715. The van der Waals surface area contributed by atoms with E-state index in [0.717, 1.165) is 49.6 Å². The van der Waals surface area contributed by atoms with Gasteiger partial charge in [-0.25, -0.2) is 9.97 Å². The Morgan fingerprint density at radius 2 is 0.700 bits per heavy atom. The average molecular weight is 637 g/mol. The first-order valence-electron chi connectivity index (χ1n) is 17.0. The quantitative estimate of drug-likeness (QED) is 0.170. The fraction of sp³-hybridized carbons (Fsp3) is 0. The van der Waals surface area contributed by atoms with Crippen LogP contribution in [0.5, 0.6) is 0 Å². The minimum atomic E-state index is 0.715. The zero-order chi connectivity index (χ0) is 33.3. The zero-order valence-electron chi connectivity index (χ0n) is 27.4. The van der Waals surface area contributed by atoms with Gasteiger partial charge in [0.2, 0.25) is 0 Å². The van der Waals surface area contributed by atoms with Crippen LogP contribution in [0.15, 0.2) is 194 Å². The number of rotatable bonds is 6. The second kappa shape index (κ2) is 12.8. The Morgan fingerprint density at radius 3 is 1.30 bits per heavy atom. The summed E-state index contributed by atoms with van der Waals surface area (Å²) in [5.41, 5.74) is 13.4. The van der Waals surface area contributed by atoms with Gasteiger partial charge in [-0.15, -0.1) is 0 Å². The SMILES string of the molecule is c1ccc(-c2cccc(-c3cccc(-c4ccc(-c5nc(-c6cccc(-c7ccccc7)c6)c6ccc7ccccc7c6n5)cc4)c3)c2)cc1. The number of fused-ring (bicyclic) bond motifs is 3. The third-order valence-electron chi connectivity index (χ3n) is 9.48. The first-order valence-corrected chi connectivity index (χ1v) is 17.0. The molecule has 0 amide bonds. The molecule has 0 N–H and O–H groups in total. The summed E-state index contributed by atoms with van der Waals surface area (Å²) in [5, 5.41) is 3.33. The lowest BCUT2D eigenvalue weighted by atomic mass is 9.96. The molecule has 0 aliphatic rings. The predicted octanol–water partition coefficient (Wildman–Crippen LogP) is 12.8. The van der Waals surface area contributed by atoms with E-state index in [2.05, 4.69) is 194 Å². The molecule has 0 fully saturated rings. The first-order chi connectivity index (χ1) is 24.8. The molecule has 2 heteroatoms. The highest BCUT2D eigenvalue weighted by atomic mass is 14.9. The highest BCUT2D eigenvalue weighted by molar-refractivity contribution is 6.09. The summed E-state index contributed by atoms with van der Waals surface area (Å²) in [7, 11) is 0. The van der Waals surface area contributed by atoms with Crippen molar-refractivity contribution in [1.82, 2.24) is 9.97 Å². The van der Waals surface area contributed by atoms with E-state index in [0.29, 0.717) is 5.82 Å². The van der Waals surface area contributed by atoms with Gasteiger partial charge in [0, 0.05) is 21.9 Å². The van der Waals surface area contributed by atoms with Crippen molar-refractivity contribution in [3.05, 3.63) is 194 Å². The van der Waals surface area contributed by atoms with Crippen molar-refractivity contribution in [2.45, 2.75) is 0 Å². The lowest BCUT2D eigenvalue weighted by Gasteiger charge is -2.13. The Labute approximate surface area is 292 Å². The van der Waals surface area contributed by atoms with Crippen LogP contribution in [0.3, 0.4) is 0 Å². The van der Waals surface area contributed by atoms with Gasteiger partial charge >= 0.3 is 0 Å². The van der Waals surface area contributed by atoms with E-state index >= 15 is 0 Å². The molecule has 0 atom stereocenters. The van der Waals surface area contributed by atoms with Crippen molar-refractivity contribution in [3.63, 3.8) is 0 Å². The van der Waals surface area contributed by atoms with Gasteiger partial charge in [0.1, 0.15) is 0 Å². The molecule has 0 radical (unpaired) electrons. The number of benzene rings is 8. The zero-order valence-corrected chi connectivity index (χ0v) is 27.4. The van der Waals surface area contributed by atoms with Crippen molar-refractivity contribution in [2.24, 2.45) is 0 Å². The predicted molar refractivity (Wildman–Crippen MR) is 210 cm³/mol. The molecule has 0 unspecified atom stereocenters. The van der Waals surface area contributed by atoms with E-state index in [-0.39, 0.29) is 0 Å². The van der Waals surface area contributed by atoms with Gasteiger partial charge in [-0.2, -0.15) is 0 Å². The molecule has 9 rings (SSSR count). The molecular formula is C48H32N2. The number of nitrogens with zero attached hydrogens (tertiary/aromatic N) is 2. The molecule has 0 aliphatic heterocycles. The number of aromatic nitrogens is 2. The summed E-state index contributed by atoms with van der Waals surface area (Å²) in [6.45, 7) is 0. The highest BCUT2D eigenvalue weighted by Crippen LogP contribution is 2.36. The second-order valence-corrected chi connectivity index (χ2v) is 12.6. The van der Waals surface area contributed by atoms with Crippen LogP contribution in [0.1, 0.15) is 0 Å². The summed E-state index contributed by atoms with van der Waals surface area (Å²) < 4.78 is 0. The molecule has 0 spiro atoms. The Balaban J connectivity index is 1.11. The van der Waals surface area contributed by atoms with Gasteiger partial charge in [-0.05, 0) is 74.2 Å². The van der Waals surface area contributed by atoms with Crippen LogP contribution in [0.4, 0.5) is 0 Å². The molecule has 0 saturated heterocycles. The van der Waals surface area contributed by atoms with Gasteiger partial charge in [0.05, 0.1) is 11.2 Å². The van der Waals surface area contributed by atoms with Crippen LogP contribution in [-0.4, -0.2) is 9.97 Å². The number of hydrogen-bond acceptors (Lipinski definition) is 2. The van der Waals surface area contributed by atoms with Crippen molar-refractivity contribution in [1.29, 1.82) is 0 Å². The summed E-state index contributed by atoms with van der Waals surface area (Å²) in [6, 6.07) is 68.7. The molecule has 9 aromatic rings. The first kappa shape index (κ1) is 29.5. The molecule has 234 valence electrons. The maximum absolute atomic E-state index is 5.26. The number of hydrogen-bond donors (Lipinski definition) is 0. The van der Waals surface area contributed by atoms with Gasteiger partial charge in [-0.1, -0.05) is 170 Å². The average Bonchev–Trinajstić information content (AvgIpc) is 3.21. The molecule has 50 heavy (non-hydrogen) atoms. The molecule has 0 bridgehead atoms. The van der Waals surface area contributed by atoms with E-state index < -0.39 is 0 Å². The van der Waals surface area contributed by atoms with Crippen molar-refractivity contribution >= 4 is 21.7 Å². The fourth-order valence-corrected chi connectivity index (χ4v) is 6.89. The van der Waals surface area contributed by atoms with Crippen LogP contribution in [-0.2, 0) is 0 Å². The Morgan fingerprint density at radius 1 is 0.260 bits per heavy atom. The van der Waals surface area contributed by atoms with Gasteiger partial charge < -0.3 is 0 Å². The Hall–Kier alpha value is -6.64. The third-order valence-corrected chi connectivity index (χ3v) is 9.48. The lowest BCUT2D eigenvalue weighted by molar-refractivity contribution is 1.23. The smallest absolute Gasteiger partial charge is 0.160 e. The van der Waals surface area contributed by atoms with Crippen molar-refractivity contribution < 1.29 is 0 Å². The minimum Gasteiger partial charge on any atom is -0.227 e. The van der Waals surface area contributed by atoms with Crippen LogP contribution >= 0.6 is 0 Å². The Kier molecular flexibility index (Phi) is 7.53. The molecule has 0 aliphatic carbocycles. The van der Waals surface area contributed by atoms with E-state index in [1.54, 1.807) is 0 Å². The van der Waals surface area contributed by atoms with Gasteiger partial charge in [0.15, 0.2) is 5.82 Å². The molecule has 2 nitrogen and oxygen atoms in total. The standard InChI is InChI=1S/C48H32N2/c1-3-12-33(13-4-1)38-17-9-20-41(30-38)42-21-10-18-39(31-42)35-24-26-37(27-25-35)48-49-46(43-22-11-19-40(32-43)34-14-5-2-6-15-34)45-29-28-36-16-7-8-23-44(36)47(45)50-48/h1-32H. The maximum Gasteiger partial charge on any atom is 0.160 e. The van der Waals surface area contributed by atoms with Crippen LogP contribution < -0.4 is 0 Å². The van der Waals surface area contributed by atoms with E-state index in [9.17, 15) is 0 Å². The second-order valence-electron chi connectivity index (χ2n) is 12.6. The lowest BCUT2D eigenvalue weighted by Crippen LogP contribution is -1.96.